The maximum atomic E-state index is 4.96. The highest BCUT2D eigenvalue weighted by Crippen LogP contribution is 2.25. The predicted octanol–water partition coefficient (Wildman–Crippen LogP) is 3.93. The van der Waals surface area contributed by atoms with E-state index >= 15 is 0 Å². The van der Waals surface area contributed by atoms with E-state index in [0.29, 0.717) is 0 Å². The van der Waals surface area contributed by atoms with Gasteiger partial charge in [-0.3, -0.25) is 0 Å². The largest absolute Gasteiger partial charge is 0.331 e. The molecule has 0 saturated carbocycles. The molecular formula is C23H23N3+2. The van der Waals surface area contributed by atoms with Gasteiger partial charge in [-0.25, -0.2) is 4.57 Å². The fourth-order valence-corrected chi connectivity index (χ4v) is 3.53. The monoisotopic (exact) mass is 341 g/mol. The minimum Gasteiger partial charge on any atom is -0.232 e. The number of hydrogen-bond donors (Lipinski definition) is 0. The summed E-state index contributed by atoms with van der Waals surface area (Å²) in [5, 5.41) is 1.15. The van der Waals surface area contributed by atoms with Gasteiger partial charge in [0.1, 0.15) is 6.20 Å². The second-order valence-electron chi connectivity index (χ2n) is 6.90. The molecule has 26 heavy (non-hydrogen) atoms. The highest BCUT2D eigenvalue weighted by molar-refractivity contribution is 5.78. The fourth-order valence-electron chi connectivity index (χ4n) is 3.53. The first-order valence-electron chi connectivity index (χ1n) is 8.89. The third-order valence-corrected chi connectivity index (χ3v) is 4.92. The highest BCUT2D eigenvalue weighted by atomic mass is 15.0. The van der Waals surface area contributed by atoms with Crippen LogP contribution in [0.3, 0.4) is 0 Å². The summed E-state index contributed by atoms with van der Waals surface area (Å²) in [6, 6.07) is 19.0. The van der Waals surface area contributed by atoms with Crippen LogP contribution in [0.25, 0.3) is 28.0 Å². The van der Waals surface area contributed by atoms with E-state index in [4.69, 9.17) is 4.98 Å². The number of para-hydroxylation sites is 1. The van der Waals surface area contributed by atoms with E-state index in [1.165, 1.54) is 28.1 Å². The highest BCUT2D eigenvalue weighted by Gasteiger charge is 2.23. The molecule has 0 atom stereocenters. The van der Waals surface area contributed by atoms with Gasteiger partial charge in [0, 0.05) is 30.7 Å². The van der Waals surface area contributed by atoms with Crippen LogP contribution in [-0.4, -0.2) is 4.98 Å². The summed E-state index contributed by atoms with van der Waals surface area (Å²) in [7, 11) is 2.07. The molecule has 0 saturated heterocycles. The van der Waals surface area contributed by atoms with Crippen LogP contribution in [0.1, 0.15) is 16.8 Å². The molecule has 0 unspecified atom stereocenters. The summed E-state index contributed by atoms with van der Waals surface area (Å²) in [6.07, 6.45) is 4.27. The lowest BCUT2D eigenvalue weighted by molar-refractivity contribution is -0.661. The SMILES string of the molecule is Cc1cc(-c2nc3ccccc3c[n+]2C)c(C)c(-[n+]2ccccc2C)c1. The van der Waals surface area contributed by atoms with Crippen molar-refractivity contribution in [3.05, 3.63) is 83.8 Å². The Balaban J connectivity index is 1.99. The molecule has 4 aromatic rings. The number of nitrogens with zero attached hydrogens (tertiary/aromatic N) is 3. The second-order valence-corrected chi connectivity index (χ2v) is 6.90. The number of rotatable bonds is 2. The second kappa shape index (κ2) is 6.34. The fraction of sp³-hybridized carbons (Fsp3) is 0.174. The Morgan fingerprint density at radius 3 is 2.46 bits per heavy atom. The number of pyridine rings is 1. The van der Waals surface area contributed by atoms with Crippen molar-refractivity contribution >= 4 is 10.9 Å². The standard InChI is InChI=1S/C23H23N3/c1-16-13-20(18(3)22(14-16)26-12-8-7-9-17(26)2)23-24-21-11-6-5-10-19(21)15-25(23)4/h5-15H,1-4H3/q+2. The van der Waals surface area contributed by atoms with E-state index < -0.39 is 0 Å². The average Bonchev–Trinajstić information content (AvgIpc) is 2.63. The van der Waals surface area contributed by atoms with Crippen molar-refractivity contribution in [2.75, 3.05) is 0 Å². The molecule has 0 aliphatic heterocycles. The first-order chi connectivity index (χ1) is 12.5. The van der Waals surface area contributed by atoms with Gasteiger partial charge < -0.3 is 0 Å². The molecule has 0 N–H and O–H groups in total. The first kappa shape index (κ1) is 16.4. The smallest absolute Gasteiger partial charge is 0.232 e. The zero-order valence-corrected chi connectivity index (χ0v) is 15.7. The number of aryl methyl sites for hydroxylation is 3. The van der Waals surface area contributed by atoms with Crippen molar-refractivity contribution in [1.82, 2.24) is 4.98 Å². The average molecular weight is 341 g/mol. The lowest BCUT2D eigenvalue weighted by Gasteiger charge is -2.09. The number of aromatic nitrogens is 3. The molecule has 0 fully saturated rings. The predicted molar refractivity (Wildman–Crippen MR) is 104 cm³/mol. The van der Waals surface area contributed by atoms with Crippen molar-refractivity contribution in [1.29, 1.82) is 0 Å². The Hall–Kier alpha value is -3.07. The molecule has 2 aromatic heterocycles. The molecule has 0 aliphatic carbocycles. The summed E-state index contributed by atoms with van der Waals surface area (Å²) < 4.78 is 4.36. The van der Waals surface area contributed by atoms with Crippen LogP contribution < -0.4 is 9.13 Å². The molecular weight excluding hydrogens is 318 g/mol. The number of hydrogen-bond acceptors (Lipinski definition) is 1. The van der Waals surface area contributed by atoms with Crippen LogP contribution in [-0.2, 0) is 7.05 Å². The van der Waals surface area contributed by atoms with E-state index in [2.05, 4.69) is 97.9 Å². The molecule has 2 aromatic carbocycles. The Labute approximate surface area is 154 Å². The van der Waals surface area contributed by atoms with Gasteiger partial charge >= 0.3 is 5.82 Å². The summed E-state index contributed by atoms with van der Waals surface area (Å²) in [5.74, 6) is 0.986. The van der Waals surface area contributed by atoms with Crippen molar-refractivity contribution < 1.29 is 9.13 Å². The van der Waals surface area contributed by atoms with Crippen LogP contribution in [0.15, 0.2) is 67.0 Å². The topological polar surface area (TPSA) is 20.6 Å². The van der Waals surface area contributed by atoms with Crippen LogP contribution in [0.4, 0.5) is 0 Å². The van der Waals surface area contributed by atoms with E-state index in [1.807, 2.05) is 6.07 Å². The molecule has 3 heteroatoms. The maximum absolute atomic E-state index is 4.96. The normalized spacial score (nSPS) is 11.1. The van der Waals surface area contributed by atoms with E-state index in [1.54, 1.807) is 0 Å². The Kier molecular flexibility index (Phi) is 4.00. The zero-order chi connectivity index (χ0) is 18.3. The molecule has 0 radical (unpaired) electrons. The zero-order valence-electron chi connectivity index (χ0n) is 15.7. The van der Waals surface area contributed by atoms with Crippen LogP contribution >= 0.6 is 0 Å². The first-order valence-corrected chi connectivity index (χ1v) is 8.89. The minimum atomic E-state index is 0.986. The van der Waals surface area contributed by atoms with Crippen molar-refractivity contribution in [2.24, 2.45) is 7.05 Å². The Bertz CT molecular complexity index is 1130. The Morgan fingerprint density at radius 2 is 1.65 bits per heavy atom. The number of benzene rings is 2. The van der Waals surface area contributed by atoms with Crippen molar-refractivity contribution in [2.45, 2.75) is 20.8 Å². The number of fused-ring (bicyclic) bond motifs is 1. The van der Waals surface area contributed by atoms with Crippen LogP contribution in [0, 0.1) is 20.8 Å². The van der Waals surface area contributed by atoms with Crippen LogP contribution in [0.2, 0.25) is 0 Å². The van der Waals surface area contributed by atoms with E-state index in [9.17, 15) is 0 Å². The quantitative estimate of drug-likeness (QED) is 0.506. The molecule has 0 bridgehead atoms. The molecule has 0 amide bonds. The third kappa shape index (κ3) is 2.76. The van der Waals surface area contributed by atoms with Gasteiger partial charge in [0.25, 0.3) is 0 Å². The van der Waals surface area contributed by atoms with Crippen LogP contribution in [0.5, 0.6) is 0 Å². The summed E-state index contributed by atoms with van der Waals surface area (Å²) >= 11 is 0. The van der Waals surface area contributed by atoms with Gasteiger partial charge in [-0.2, -0.15) is 4.57 Å². The van der Waals surface area contributed by atoms with E-state index in [-0.39, 0.29) is 0 Å². The van der Waals surface area contributed by atoms with E-state index in [0.717, 1.165) is 16.7 Å². The minimum absolute atomic E-state index is 0.986. The van der Waals surface area contributed by atoms with Crippen molar-refractivity contribution in [3.8, 4) is 17.1 Å². The van der Waals surface area contributed by atoms with Gasteiger partial charge in [-0.05, 0) is 42.6 Å². The molecule has 4 rings (SSSR count). The summed E-state index contributed by atoms with van der Waals surface area (Å²) in [5.41, 5.74) is 7.06. The van der Waals surface area contributed by atoms with Crippen molar-refractivity contribution in [3.63, 3.8) is 0 Å². The van der Waals surface area contributed by atoms with Gasteiger partial charge in [0.05, 0.1) is 18.0 Å². The molecule has 0 aliphatic rings. The molecule has 128 valence electrons. The lowest BCUT2D eigenvalue weighted by Crippen LogP contribution is -2.36. The van der Waals surface area contributed by atoms with Gasteiger partial charge in [-0.15, -0.1) is 0 Å². The lowest BCUT2D eigenvalue weighted by atomic mass is 10.0. The summed E-state index contributed by atoms with van der Waals surface area (Å²) in [6.45, 7) is 6.46. The molecule has 2 heterocycles. The third-order valence-electron chi connectivity index (χ3n) is 4.92. The Morgan fingerprint density at radius 1 is 0.885 bits per heavy atom. The molecule has 3 nitrogen and oxygen atoms in total. The molecule has 0 spiro atoms. The van der Waals surface area contributed by atoms with Gasteiger partial charge in [0.2, 0.25) is 5.69 Å². The summed E-state index contributed by atoms with van der Waals surface area (Å²) in [4.78, 5) is 4.96. The van der Waals surface area contributed by atoms with Gasteiger partial charge in [-0.1, -0.05) is 18.2 Å². The maximum Gasteiger partial charge on any atom is 0.331 e. The van der Waals surface area contributed by atoms with Gasteiger partial charge in [0.15, 0.2) is 17.4 Å².